The van der Waals surface area contributed by atoms with Crippen LogP contribution in [0.5, 0.6) is 0 Å². The van der Waals surface area contributed by atoms with E-state index >= 15 is 0 Å². The number of pyridine rings is 1. The molecule has 0 unspecified atom stereocenters. The van der Waals surface area contributed by atoms with Crippen molar-refractivity contribution in [1.29, 1.82) is 0 Å². The summed E-state index contributed by atoms with van der Waals surface area (Å²) in [5.74, 6) is -0.981. The Labute approximate surface area is 140 Å². The summed E-state index contributed by atoms with van der Waals surface area (Å²) in [7, 11) is 0. The summed E-state index contributed by atoms with van der Waals surface area (Å²) < 4.78 is 41.8. The van der Waals surface area contributed by atoms with Crippen molar-refractivity contribution >= 4 is 22.1 Å². The van der Waals surface area contributed by atoms with E-state index in [9.17, 15) is 13.2 Å². The van der Waals surface area contributed by atoms with Crippen molar-refractivity contribution in [3.8, 4) is 5.69 Å². The van der Waals surface area contributed by atoms with Crippen LogP contribution in [0.15, 0.2) is 30.5 Å². The smallest absolute Gasteiger partial charge is 0.278 e. The molecule has 3 heterocycles. The van der Waals surface area contributed by atoms with Gasteiger partial charge in [-0.2, -0.15) is 18.3 Å². The average Bonchev–Trinajstić information content (AvgIpc) is 3.16. The fourth-order valence-corrected chi connectivity index (χ4v) is 3.01. The van der Waals surface area contributed by atoms with E-state index in [2.05, 4.69) is 20.2 Å². The molecule has 0 atom stereocenters. The Morgan fingerprint density at radius 1 is 1.16 bits per heavy atom. The topological polar surface area (TPSA) is 59.4 Å². The first-order valence-electron chi connectivity index (χ1n) is 7.78. The molecule has 0 radical (unpaired) electrons. The quantitative estimate of drug-likeness (QED) is 0.593. The second-order valence-electron chi connectivity index (χ2n) is 5.86. The van der Waals surface area contributed by atoms with Crippen LogP contribution in [0.1, 0.15) is 24.0 Å². The Kier molecular flexibility index (Phi) is 3.31. The largest absolute Gasteiger partial charge is 0.450 e. The number of aryl methyl sites for hydroxylation is 2. The zero-order chi connectivity index (χ0) is 17.8. The first-order chi connectivity index (χ1) is 11.9. The van der Waals surface area contributed by atoms with E-state index in [1.54, 1.807) is 37.4 Å². The second-order valence-corrected chi connectivity index (χ2v) is 5.86. The Balaban J connectivity index is 2.10. The molecule has 4 aromatic rings. The molecule has 0 saturated heterocycles. The fraction of sp³-hybridized carbons (Fsp3) is 0.235. The number of benzene rings is 1. The highest BCUT2D eigenvalue weighted by atomic mass is 19.4. The summed E-state index contributed by atoms with van der Waals surface area (Å²) >= 11 is 0. The maximum Gasteiger partial charge on any atom is 0.450 e. The molecule has 0 saturated carbocycles. The van der Waals surface area contributed by atoms with E-state index in [1.807, 2.05) is 6.92 Å². The average molecular weight is 345 g/mol. The molecule has 0 aliphatic carbocycles. The van der Waals surface area contributed by atoms with E-state index in [0.29, 0.717) is 17.8 Å². The summed E-state index contributed by atoms with van der Waals surface area (Å²) in [5.41, 5.74) is 3.11. The van der Waals surface area contributed by atoms with Crippen LogP contribution in [0.3, 0.4) is 0 Å². The van der Waals surface area contributed by atoms with Gasteiger partial charge in [0.05, 0.1) is 17.4 Å². The third-order valence-corrected chi connectivity index (χ3v) is 4.15. The SMILES string of the molecule is CCc1cc(-n2c(C(F)(F)F)nc3ccc(C)nc32)cc2cn[nH]c12. The Morgan fingerprint density at radius 3 is 2.68 bits per heavy atom. The van der Waals surface area contributed by atoms with Gasteiger partial charge in [-0.05, 0) is 43.2 Å². The number of hydrogen-bond donors (Lipinski definition) is 1. The molecule has 0 fully saturated rings. The van der Waals surface area contributed by atoms with Gasteiger partial charge in [0.2, 0.25) is 5.82 Å². The van der Waals surface area contributed by atoms with E-state index in [0.717, 1.165) is 21.0 Å². The highest BCUT2D eigenvalue weighted by Crippen LogP contribution is 2.34. The predicted octanol–water partition coefficient (Wildman–Crippen LogP) is 4.19. The minimum atomic E-state index is -4.59. The Bertz CT molecular complexity index is 1090. The standard InChI is InChI=1S/C17H14F3N5/c1-3-10-6-12(7-11-8-21-24-14(10)11)25-15-13(5-4-9(2)22-15)23-16(25)17(18,19)20/h4-8H,3H2,1-2H3,(H,21,24). The van der Waals surface area contributed by atoms with Crippen molar-refractivity contribution in [3.05, 3.63) is 47.5 Å². The van der Waals surface area contributed by atoms with Crippen molar-refractivity contribution in [2.75, 3.05) is 0 Å². The van der Waals surface area contributed by atoms with Crippen molar-refractivity contribution in [3.63, 3.8) is 0 Å². The Morgan fingerprint density at radius 2 is 1.96 bits per heavy atom. The molecule has 25 heavy (non-hydrogen) atoms. The van der Waals surface area contributed by atoms with Crippen LogP contribution in [0, 0.1) is 6.92 Å². The first kappa shape index (κ1) is 15.6. The summed E-state index contributed by atoms with van der Waals surface area (Å²) in [6, 6.07) is 6.59. The molecule has 1 N–H and O–H groups in total. The van der Waals surface area contributed by atoms with Gasteiger partial charge in [0.25, 0.3) is 0 Å². The van der Waals surface area contributed by atoms with Crippen LogP contribution in [0.4, 0.5) is 13.2 Å². The summed E-state index contributed by atoms with van der Waals surface area (Å²) in [4.78, 5) is 8.06. The van der Waals surface area contributed by atoms with Crippen molar-refractivity contribution < 1.29 is 13.2 Å². The van der Waals surface area contributed by atoms with Crippen molar-refractivity contribution in [1.82, 2.24) is 24.7 Å². The van der Waals surface area contributed by atoms with E-state index in [1.165, 1.54) is 0 Å². The van der Waals surface area contributed by atoms with Crippen LogP contribution in [0.2, 0.25) is 0 Å². The van der Waals surface area contributed by atoms with Gasteiger partial charge in [-0.15, -0.1) is 0 Å². The number of rotatable bonds is 2. The molecule has 3 aromatic heterocycles. The van der Waals surface area contributed by atoms with E-state index in [-0.39, 0.29) is 11.2 Å². The molecule has 0 aliphatic heterocycles. The van der Waals surface area contributed by atoms with Gasteiger partial charge in [0, 0.05) is 11.1 Å². The summed E-state index contributed by atoms with van der Waals surface area (Å²) in [6.45, 7) is 3.68. The number of halogens is 3. The summed E-state index contributed by atoms with van der Waals surface area (Å²) in [6.07, 6.45) is -2.33. The third-order valence-electron chi connectivity index (χ3n) is 4.15. The molecule has 1 aromatic carbocycles. The number of nitrogens with zero attached hydrogens (tertiary/aromatic N) is 4. The molecular weight excluding hydrogens is 331 g/mol. The predicted molar refractivity (Wildman–Crippen MR) is 87.6 cm³/mol. The lowest BCUT2D eigenvalue weighted by molar-refractivity contribution is -0.145. The minimum absolute atomic E-state index is 0.192. The number of hydrogen-bond acceptors (Lipinski definition) is 3. The van der Waals surface area contributed by atoms with Crippen LogP contribution in [-0.2, 0) is 12.6 Å². The lowest BCUT2D eigenvalue weighted by atomic mass is 10.1. The first-order valence-corrected chi connectivity index (χ1v) is 7.78. The van der Waals surface area contributed by atoms with Crippen LogP contribution < -0.4 is 0 Å². The molecule has 0 bridgehead atoms. The zero-order valence-electron chi connectivity index (χ0n) is 13.5. The number of alkyl halides is 3. The molecular formula is C17H14F3N5. The Hall–Kier alpha value is -2.90. The van der Waals surface area contributed by atoms with E-state index < -0.39 is 12.0 Å². The highest BCUT2D eigenvalue weighted by Gasteiger charge is 2.38. The molecule has 128 valence electrons. The van der Waals surface area contributed by atoms with Crippen LogP contribution in [-0.4, -0.2) is 24.7 Å². The van der Waals surface area contributed by atoms with Crippen LogP contribution >= 0.6 is 0 Å². The molecule has 0 aliphatic rings. The number of aromatic nitrogens is 5. The lowest BCUT2D eigenvalue weighted by Crippen LogP contribution is -2.14. The maximum atomic E-state index is 13.6. The van der Waals surface area contributed by atoms with E-state index in [4.69, 9.17) is 0 Å². The second kappa shape index (κ2) is 5.30. The van der Waals surface area contributed by atoms with Gasteiger partial charge in [-0.3, -0.25) is 9.67 Å². The number of imidazole rings is 1. The molecule has 8 heteroatoms. The normalized spacial score (nSPS) is 12.4. The van der Waals surface area contributed by atoms with Gasteiger partial charge >= 0.3 is 6.18 Å². The van der Waals surface area contributed by atoms with Gasteiger partial charge in [0.1, 0.15) is 5.52 Å². The highest BCUT2D eigenvalue weighted by molar-refractivity contribution is 5.85. The maximum absolute atomic E-state index is 13.6. The number of nitrogens with one attached hydrogen (secondary N) is 1. The molecule has 0 spiro atoms. The van der Waals surface area contributed by atoms with Gasteiger partial charge < -0.3 is 0 Å². The van der Waals surface area contributed by atoms with Gasteiger partial charge in [-0.1, -0.05) is 6.92 Å². The number of aromatic amines is 1. The lowest BCUT2D eigenvalue weighted by Gasteiger charge is -2.13. The van der Waals surface area contributed by atoms with Gasteiger partial charge in [0.15, 0.2) is 5.65 Å². The summed E-state index contributed by atoms with van der Waals surface area (Å²) in [5, 5.41) is 7.63. The monoisotopic (exact) mass is 345 g/mol. The minimum Gasteiger partial charge on any atom is -0.278 e. The zero-order valence-corrected chi connectivity index (χ0v) is 13.5. The third kappa shape index (κ3) is 2.45. The molecule has 0 amide bonds. The van der Waals surface area contributed by atoms with Crippen molar-refractivity contribution in [2.45, 2.75) is 26.4 Å². The number of H-pyrrole nitrogens is 1. The van der Waals surface area contributed by atoms with Crippen LogP contribution in [0.25, 0.3) is 27.8 Å². The molecule has 4 rings (SSSR count). The fourth-order valence-electron chi connectivity index (χ4n) is 3.01. The van der Waals surface area contributed by atoms with Gasteiger partial charge in [-0.25, -0.2) is 9.97 Å². The number of fused-ring (bicyclic) bond motifs is 2. The van der Waals surface area contributed by atoms with Crippen molar-refractivity contribution in [2.24, 2.45) is 0 Å². The molecule has 5 nitrogen and oxygen atoms in total.